The van der Waals surface area contributed by atoms with Gasteiger partial charge in [0.25, 0.3) is 23.6 Å². The van der Waals surface area contributed by atoms with Crippen LogP contribution in [0.2, 0.25) is 0 Å². The Hall–Kier alpha value is 1.04. The summed E-state index contributed by atoms with van der Waals surface area (Å²) in [4.78, 5) is 51.9. The van der Waals surface area contributed by atoms with E-state index in [0.29, 0.717) is 38.0 Å². The van der Waals surface area contributed by atoms with Gasteiger partial charge in [-0.25, -0.2) is 7.85 Å². The minimum absolute atomic E-state index is 0.176. The Kier molecular flexibility index (Phi) is 7.99. The van der Waals surface area contributed by atoms with E-state index in [9.17, 15) is 19.2 Å². The van der Waals surface area contributed by atoms with E-state index in [1.165, 1.54) is 0 Å². The van der Waals surface area contributed by atoms with Crippen molar-refractivity contribution in [3.63, 3.8) is 0 Å². The summed E-state index contributed by atoms with van der Waals surface area (Å²) in [5.74, 6) is -2.76. The van der Waals surface area contributed by atoms with E-state index in [-0.39, 0.29) is 27.6 Å². The Bertz CT molecular complexity index is 1240. The van der Waals surface area contributed by atoms with E-state index in [0.717, 1.165) is 7.85 Å². The van der Waals surface area contributed by atoms with E-state index in [2.05, 4.69) is 144 Å². The maximum Gasteiger partial charge on any atom is 0.272 e. The molecule has 2 aliphatic rings. The zero-order chi connectivity index (χ0) is 24.7. The van der Waals surface area contributed by atoms with Gasteiger partial charge in [-0.05, 0) is 107 Å². The molecule has 15 heteroatoms. The van der Waals surface area contributed by atoms with Crippen molar-refractivity contribution in [2.45, 2.75) is 5.92 Å². The molecule has 33 heavy (non-hydrogen) atoms. The molecule has 0 fully saturated rings. The summed E-state index contributed by atoms with van der Waals surface area (Å²) in [7, 11) is 0. The van der Waals surface area contributed by atoms with Gasteiger partial charge in [0.05, 0.1) is 54.5 Å². The van der Waals surface area contributed by atoms with Crippen molar-refractivity contribution >= 4 is 167 Å². The topological polar surface area (TPSA) is 74.8 Å². The Balaban J connectivity index is 2.16. The monoisotopic (exact) mass is 1020 g/mol. The number of rotatable bonds is 3. The van der Waals surface area contributed by atoms with Crippen LogP contribution in [0.4, 0.5) is 0 Å². The first-order valence-corrected chi connectivity index (χ1v) is 15.7. The van der Waals surface area contributed by atoms with Crippen LogP contribution < -0.4 is 0 Å². The van der Waals surface area contributed by atoms with E-state index in [1.807, 2.05) is 0 Å². The average Bonchev–Trinajstić information content (AvgIpc) is 3.14. The molecule has 0 saturated heterocycles. The number of hydrogen-bond donors (Lipinski definition) is 0. The normalized spacial score (nSPS) is 15.3. The summed E-state index contributed by atoms with van der Waals surface area (Å²) in [6.45, 7) is 0. The molecule has 0 aliphatic carbocycles. The first-order valence-electron chi connectivity index (χ1n) is 8.44. The highest BCUT2D eigenvalue weighted by Gasteiger charge is 2.46. The molecule has 2 aromatic rings. The first kappa shape index (κ1) is 27.1. The van der Waals surface area contributed by atoms with Gasteiger partial charge in [-0.3, -0.25) is 19.2 Å². The maximum atomic E-state index is 13.1. The number of nitrogens with zero attached hydrogens (tertiary/aromatic N) is 2. The van der Waals surface area contributed by atoms with Gasteiger partial charge in [0.2, 0.25) is 0 Å². The van der Waals surface area contributed by atoms with E-state index in [4.69, 9.17) is 0 Å². The second kappa shape index (κ2) is 9.73. The Morgan fingerprint density at radius 1 is 0.515 bits per heavy atom. The van der Waals surface area contributed by atoms with Gasteiger partial charge in [-0.15, -0.1) is 0 Å². The van der Waals surface area contributed by atoms with Crippen molar-refractivity contribution in [1.29, 1.82) is 0 Å². The van der Waals surface area contributed by atoms with Crippen molar-refractivity contribution < 1.29 is 19.2 Å². The Labute approximate surface area is 262 Å². The molecule has 6 nitrogen and oxygen atoms in total. The number of carbonyl (C=O) groups is 4. The number of carbonyl (C=O) groups excluding carboxylic acids is 4. The molecule has 0 spiro atoms. The predicted octanol–water partition coefficient (Wildman–Crippen LogP) is 8.60. The van der Waals surface area contributed by atoms with Crippen molar-refractivity contribution in [3.8, 4) is 0 Å². The average molecular weight is 1030 g/mol. The van der Waals surface area contributed by atoms with Crippen LogP contribution in [0.1, 0.15) is 58.5 Å². The molecule has 0 N–H and O–H groups in total. The summed E-state index contributed by atoms with van der Waals surface area (Å²) in [5, 5.41) is 0.263. The lowest BCUT2D eigenvalue weighted by molar-refractivity contribution is 0.0768. The van der Waals surface area contributed by atoms with Crippen molar-refractivity contribution in [1.82, 2.24) is 7.85 Å². The standard InChI is InChI=1S/C18H3Br9N2O4/c19-1-2(3-5-7(11(22)13(24)9(3)20)17(32)28(26)15(5)30)4-6-8(12(23)14(25)10(4)21)18(33)29(27)16(6)31/h2H,1H2. The molecule has 2 aliphatic heterocycles. The molecule has 4 amide bonds. The SMILES string of the molecule is O=C1c2c(Br)c(Br)c(Br)c(C(CBr)c3c(Br)c(Br)c(Br)c4c3C(=O)N(Br)C4=O)c2C(=O)N1Br. The van der Waals surface area contributed by atoms with Crippen molar-refractivity contribution in [3.05, 3.63) is 60.2 Å². The van der Waals surface area contributed by atoms with Crippen LogP contribution in [0.3, 0.4) is 0 Å². The zero-order valence-corrected chi connectivity index (χ0v) is 29.5. The fourth-order valence-electron chi connectivity index (χ4n) is 3.73. The van der Waals surface area contributed by atoms with Gasteiger partial charge in [-0.2, -0.15) is 0 Å². The summed E-state index contributed by atoms with van der Waals surface area (Å²) >= 11 is 30.5. The second-order valence-corrected chi connectivity index (χ2v) is 13.5. The Morgan fingerprint density at radius 3 is 1.12 bits per heavy atom. The van der Waals surface area contributed by atoms with Gasteiger partial charge in [-0.1, -0.05) is 15.9 Å². The smallest absolute Gasteiger partial charge is 0.268 e. The lowest BCUT2D eigenvalue weighted by atomic mass is 9.84. The highest BCUT2D eigenvalue weighted by molar-refractivity contribution is 9.15. The lowest BCUT2D eigenvalue weighted by Crippen LogP contribution is -2.20. The molecule has 0 atom stereocenters. The quantitative estimate of drug-likeness (QED) is 0.134. The third-order valence-electron chi connectivity index (χ3n) is 5.14. The minimum atomic E-state index is -0.628. The molecule has 0 saturated carbocycles. The molecule has 172 valence electrons. The molecule has 0 unspecified atom stereocenters. The lowest BCUT2D eigenvalue weighted by Gasteiger charge is -2.25. The number of imide groups is 2. The molecule has 0 bridgehead atoms. The van der Waals surface area contributed by atoms with Crippen LogP contribution in [0, 0.1) is 0 Å². The molecular weight excluding hydrogens is 1030 g/mol. The molecular formula is C18H3Br9N2O4. The summed E-state index contributed by atoms with van der Waals surface area (Å²) in [5.41, 5.74) is 1.67. The number of fused-ring (bicyclic) bond motifs is 2. The number of amides is 4. The van der Waals surface area contributed by atoms with E-state index in [1.54, 1.807) is 0 Å². The summed E-state index contributed by atoms with van der Waals surface area (Å²) < 4.78 is 4.66. The molecule has 0 radical (unpaired) electrons. The molecule has 2 aromatic carbocycles. The molecule has 4 rings (SSSR count). The highest BCUT2D eigenvalue weighted by atomic mass is 79.9. The second-order valence-electron chi connectivity index (χ2n) is 6.70. The number of hydrogen-bond acceptors (Lipinski definition) is 4. The maximum absolute atomic E-state index is 13.1. The minimum Gasteiger partial charge on any atom is -0.268 e. The van der Waals surface area contributed by atoms with Gasteiger partial charge < -0.3 is 0 Å². The molecule has 0 aromatic heterocycles. The highest BCUT2D eigenvalue weighted by Crippen LogP contribution is 2.52. The van der Waals surface area contributed by atoms with Crippen LogP contribution in [0.5, 0.6) is 0 Å². The fourth-order valence-corrected chi connectivity index (χ4v) is 8.92. The number of halogens is 9. The third kappa shape index (κ3) is 3.84. The van der Waals surface area contributed by atoms with Gasteiger partial charge in [0, 0.05) is 38.1 Å². The Morgan fingerprint density at radius 2 is 0.818 bits per heavy atom. The number of benzene rings is 2. The fraction of sp³-hybridized carbons (Fsp3) is 0.111. The largest absolute Gasteiger partial charge is 0.272 e. The zero-order valence-electron chi connectivity index (χ0n) is 15.2. The van der Waals surface area contributed by atoms with Gasteiger partial charge >= 0.3 is 0 Å². The van der Waals surface area contributed by atoms with Crippen LogP contribution in [0.25, 0.3) is 0 Å². The van der Waals surface area contributed by atoms with Crippen LogP contribution in [-0.2, 0) is 0 Å². The van der Waals surface area contributed by atoms with Crippen LogP contribution in [-0.4, -0.2) is 36.8 Å². The van der Waals surface area contributed by atoms with Gasteiger partial charge in [0.1, 0.15) is 0 Å². The van der Waals surface area contributed by atoms with Crippen molar-refractivity contribution in [2.75, 3.05) is 5.33 Å². The van der Waals surface area contributed by atoms with Crippen LogP contribution in [0.15, 0.2) is 26.8 Å². The van der Waals surface area contributed by atoms with Gasteiger partial charge in [0.15, 0.2) is 0 Å². The summed E-state index contributed by atoms with van der Waals surface area (Å²) in [6, 6.07) is 0. The molecule has 2 heterocycles. The first-order chi connectivity index (χ1) is 15.4. The van der Waals surface area contributed by atoms with Crippen molar-refractivity contribution in [2.24, 2.45) is 0 Å². The van der Waals surface area contributed by atoms with E-state index >= 15 is 0 Å². The predicted molar refractivity (Wildman–Crippen MR) is 154 cm³/mol. The van der Waals surface area contributed by atoms with Crippen LogP contribution >= 0.6 is 144 Å². The van der Waals surface area contributed by atoms with E-state index < -0.39 is 29.5 Å². The summed E-state index contributed by atoms with van der Waals surface area (Å²) in [6.07, 6.45) is 0. The number of alkyl halides is 1. The third-order valence-corrected chi connectivity index (χ3v) is 14.0.